The van der Waals surface area contributed by atoms with E-state index in [4.69, 9.17) is 15.9 Å². The summed E-state index contributed by atoms with van der Waals surface area (Å²) in [7, 11) is 0. The zero-order chi connectivity index (χ0) is 11.8. The van der Waals surface area contributed by atoms with Gasteiger partial charge in [-0.3, -0.25) is 4.90 Å². The minimum atomic E-state index is 0.170. The van der Waals surface area contributed by atoms with Gasteiger partial charge in [-0.1, -0.05) is 0 Å². The molecule has 1 heterocycles. The first kappa shape index (κ1) is 13.9. The summed E-state index contributed by atoms with van der Waals surface area (Å²) >= 11 is 0. The van der Waals surface area contributed by atoms with Crippen molar-refractivity contribution in [3.8, 4) is 0 Å². The third-order valence-electron chi connectivity index (χ3n) is 3.29. The summed E-state index contributed by atoms with van der Waals surface area (Å²) in [6, 6.07) is 0.508. The van der Waals surface area contributed by atoms with Crippen LogP contribution < -0.4 is 5.73 Å². The van der Waals surface area contributed by atoms with Gasteiger partial charge in [0, 0.05) is 32.2 Å². The Morgan fingerprint density at radius 1 is 1.12 bits per heavy atom. The fraction of sp³-hybridized carbons (Fsp3) is 1.00. The highest BCUT2D eigenvalue weighted by Crippen LogP contribution is 2.15. The summed E-state index contributed by atoms with van der Waals surface area (Å²) in [5.74, 6) is 0. The Hall–Kier alpha value is -0.200. The van der Waals surface area contributed by atoms with Gasteiger partial charge in [0.2, 0.25) is 0 Å². The SMILES string of the molecule is NCCN1CCC(N(CCO)CCO)CC1. The molecule has 0 bridgehead atoms. The summed E-state index contributed by atoms with van der Waals surface area (Å²) < 4.78 is 0. The standard InChI is InChI=1S/C11H25N3O2/c12-3-6-13-4-1-11(2-5-13)14(7-9-15)8-10-16/h11,15-16H,1-10,12H2. The van der Waals surface area contributed by atoms with Crippen molar-refractivity contribution in [1.29, 1.82) is 0 Å². The predicted molar refractivity (Wildman–Crippen MR) is 64.3 cm³/mol. The van der Waals surface area contributed by atoms with E-state index in [1.165, 1.54) is 0 Å². The van der Waals surface area contributed by atoms with Gasteiger partial charge < -0.3 is 20.8 Å². The predicted octanol–water partition coefficient (Wildman–Crippen LogP) is -1.30. The summed E-state index contributed by atoms with van der Waals surface area (Å²) in [4.78, 5) is 4.58. The van der Waals surface area contributed by atoms with Gasteiger partial charge in [0.1, 0.15) is 0 Å². The molecule has 1 fully saturated rings. The Labute approximate surface area is 97.8 Å². The number of hydrogen-bond donors (Lipinski definition) is 3. The van der Waals surface area contributed by atoms with Crippen LogP contribution in [0.1, 0.15) is 12.8 Å². The van der Waals surface area contributed by atoms with Crippen LogP contribution in [0.15, 0.2) is 0 Å². The van der Waals surface area contributed by atoms with E-state index >= 15 is 0 Å². The molecule has 5 heteroatoms. The van der Waals surface area contributed by atoms with Crippen LogP contribution in [0.4, 0.5) is 0 Å². The van der Waals surface area contributed by atoms with Crippen LogP contribution in [0.3, 0.4) is 0 Å². The van der Waals surface area contributed by atoms with Gasteiger partial charge in [-0.05, 0) is 25.9 Å². The van der Waals surface area contributed by atoms with Crippen molar-refractivity contribution >= 4 is 0 Å². The zero-order valence-corrected chi connectivity index (χ0v) is 10.0. The molecule has 0 aromatic rings. The van der Waals surface area contributed by atoms with Crippen LogP contribution in [0.25, 0.3) is 0 Å². The lowest BCUT2D eigenvalue weighted by Gasteiger charge is -2.38. The molecule has 0 aromatic carbocycles. The Balaban J connectivity index is 2.31. The van der Waals surface area contributed by atoms with Crippen molar-refractivity contribution in [2.45, 2.75) is 18.9 Å². The molecular weight excluding hydrogens is 206 g/mol. The molecular formula is C11H25N3O2. The average molecular weight is 231 g/mol. The van der Waals surface area contributed by atoms with Gasteiger partial charge >= 0.3 is 0 Å². The van der Waals surface area contributed by atoms with E-state index in [1.54, 1.807) is 0 Å². The molecule has 96 valence electrons. The summed E-state index contributed by atoms with van der Waals surface area (Å²) in [5, 5.41) is 18.0. The Bertz CT molecular complexity index is 167. The molecule has 5 nitrogen and oxygen atoms in total. The Morgan fingerprint density at radius 2 is 1.69 bits per heavy atom. The molecule has 1 saturated heterocycles. The normalized spacial score (nSPS) is 19.5. The fourth-order valence-corrected chi connectivity index (χ4v) is 2.42. The maximum absolute atomic E-state index is 8.98. The van der Waals surface area contributed by atoms with Crippen LogP contribution in [0.5, 0.6) is 0 Å². The maximum Gasteiger partial charge on any atom is 0.0558 e. The second-order valence-corrected chi connectivity index (χ2v) is 4.34. The van der Waals surface area contributed by atoms with Crippen LogP contribution >= 0.6 is 0 Å². The van der Waals surface area contributed by atoms with Crippen molar-refractivity contribution in [3.63, 3.8) is 0 Å². The number of nitrogens with two attached hydrogens (primary N) is 1. The summed E-state index contributed by atoms with van der Waals surface area (Å²) in [6.45, 7) is 5.54. The number of nitrogens with zero attached hydrogens (tertiary/aromatic N) is 2. The van der Waals surface area contributed by atoms with Gasteiger partial charge in [-0.15, -0.1) is 0 Å². The van der Waals surface area contributed by atoms with Crippen LogP contribution in [-0.2, 0) is 0 Å². The van der Waals surface area contributed by atoms with Crippen LogP contribution in [-0.4, -0.2) is 78.5 Å². The second kappa shape index (κ2) is 7.97. The van der Waals surface area contributed by atoms with Crippen LogP contribution in [0, 0.1) is 0 Å². The number of piperidine rings is 1. The largest absolute Gasteiger partial charge is 0.395 e. The fourth-order valence-electron chi connectivity index (χ4n) is 2.42. The first-order valence-electron chi connectivity index (χ1n) is 6.20. The zero-order valence-electron chi connectivity index (χ0n) is 10.0. The van der Waals surface area contributed by atoms with E-state index < -0.39 is 0 Å². The molecule has 0 aliphatic carbocycles. The molecule has 0 saturated carbocycles. The minimum absolute atomic E-state index is 0.170. The highest BCUT2D eigenvalue weighted by Gasteiger charge is 2.23. The third-order valence-corrected chi connectivity index (χ3v) is 3.29. The summed E-state index contributed by atoms with van der Waals surface area (Å²) in [5.41, 5.74) is 5.53. The van der Waals surface area contributed by atoms with E-state index in [-0.39, 0.29) is 13.2 Å². The topological polar surface area (TPSA) is 73.0 Å². The van der Waals surface area contributed by atoms with Crippen molar-refractivity contribution in [2.24, 2.45) is 5.73 Å². The van der Waals surface area contributed by atoms with E-state index in [9.17, 15) is 0 Å². The molecule has 0 aromatic heterocycles. The van der Waals surface area contributed by atoms with Gasteiger partial charge in [-0.2, -0.15) is 0 Å². The highest BCUT2D eigenvalue weighted by molar-refractivity contribution is 4.79. The van der Waals surface area contributed by atoms with E-state index in [0.717, 1.165) is 39.0 Å². The molecule has 0 spiro atoms. The van der Waals surface area contributed by atoms with Crippen LogP contribution in [0.2, 0.25) is 0 Å². The Kier molecular flexibility index (Phi) is 6.91. The molecule has 16 heavy (non-hydrogen) atoms. The molecule has 1 aliphatic rings. The van der Waals surface area contributed by atoms with Crippen molar-refractivity contribution in [2.75, 3.05) is 52.5 Å². The molecule has 1 rings (SSSR count). The lowest BCUT2D eigenvalue weighted by molar-refractivity contribution is 0.0769. The average Bonchev–Trinajstić information content (AvgIpc) is 2.30. The molecule has 0 unspecified atom stereocenters. The van der Waals surface area contributed by atoms with Gasteiger partial charge in [0.25, 0.3) is 0 Å². The molecule has 4 N–H and O–H groups in total. The monoisotopic (exact) mass is 231 g/mol. The van der Waals surface area contributed by atoms with Gasteiger partial charge in [0.15, 0.2) is 0 Å². The summed E-state index contributed by atoms with van der Waals surface area (Å²) in [6.07, 6.45) is 2.22. The number of aliphatic hydroxyl groups is 2. The smallest absolute Gasteiger partial charge is 0.0558 e. The lowest BCUT2D eigenvalue weighted by atomic mass is 10.0. The molecule has 0 atom stereocenters. The van der Waals surface area contributed by atoms with Crippen molar-refractivity contribution in [3.05, 3.63) is 0 Å². The van der Waals surface area contributed by atoms with E-state index in [2.05, 4.69) is 9.80 Å². The number of hydrogen-bond acceptors (Lipinski definition) is 5. The molecule has 0 amide bonds. The highest BCUT2D eigenvalue weighted by atomic mass is 16.3. The minimum Gasteiger partial charge on any atom is -0.395 e. The molecule has 0 radical (unpaired) electrons. The van der Waals surface area contributed by atoms with Crippen molar-refractivity contribution < 1.29 is 10.2 Å². The second-order valence-electron chi connectivity index (χ2n) is 4.34. The molecule has 1 aliphatic heterocycles. The lowest BCUT2D eigenvalue weighted by Crippen LogP contribution is -2.47. The maximum atomic E-state index is 8.98. The van der Waals surface area contributed by atoms with E-state index in [1.807, 2.05) is 0 Å². The van der Waals surface area contributed by atoms with E-state index in [0.29, 0.717) is 19.1 Å². The first-order valence-corrected chi connectivity index (χ1v) is 6.20. The Morgan fingerprint density at radius 3 is 2.12 bits per heavy atom. The quantitative estimate of drug-likeness (QED) is 0.508. The van der Waals surface area contributed by atoms with Gasteiger partial charge in [-0.25, -0.2) is 0 Å². The first-order chi connectivity index (χ1) is 7.81. The third kappa shape index (κ3) is 4.35. The van der Waals surface area contributed by atoms with Crippen molar-refractivity contribution in [1.82, 2.24) is 9.80 Å². The number of aliphatic hydroxyl groups excluding tert-OH is 2. The number of rotatable bonds is 7. The van der Waals surface area contributed by atoms with Gasteiger partial charge in [0.05, 0.1) is 13.2 Å². The number of likely N-dealkylation sites (tertiary alicyclic amines) is 1.